The van der Waals surface area contributed by atoms with Crippen molar-refractivity contribution in [2.45, 2.75) is 57.8 Å². The highest BCUT2D eigenvalue weighted by molar-refractivity contribution is 6.03. The highest BCUT2D eigenvalue weighted by atomic mass is 16.5. The maximum Gasteiger partial charge on any atom is 0.140 e. The van der Waals surface area contributed by atoms with Gasteiger partial charge in [-0.05, 0) is 102 Å². The van der Waals surface area contributed by atoms with Crippen LogP contribution in [0, 0.1) is 0 Å². The monoisotopic (exact) mass is 889 g/mol. The lowest BCUT2D eigenvalue weighted by molar-refractivity contribution is 0.437. The molecular weight excluding hydrogens is 835 g/mol. The SMILES string of the molecule is CC(C)(C)c1ccc2c(c1)C1(c3ccccc3Oc3c(-c4ccccc4N(c4ccc(-c5ccccc5)cc4)c4ccccc4-c4cccc5ccccc45)cccc31)c1cc(C(C)(C)C)ccc1-2. The molecule has 0 radical (unpaired) electrons. The van der Waals surface area contributed by atoms with Crippen molar-refractivity contribution in [2.24, 2.45) is 0 Å². The Morgan fingerprint density at radius 1 is 0.362 bits per heavy atom. The van der Waals surface area contributed by atoms with Gasteiger partial charge in [-0.15, -0.1) is 0 Å². The Bertz CT molecular complexity index is 3540. The first kappa shape index (κ1) is 42.4. The molecule has 0 saturated heterocycles. The third kappa shape index (κ3) is 6.84. The van der Waals surface area contributed by atoms with Crippen LogP contribution in [0.2, 0.25) is 0 Å². The Morgan fingerprint density at radius 3 is 1.52 bits per heavy atom. The average molecular weight is 890 g/mol. The molecule has 2 aliphatic rings. The molecule has 0 unspecified atom stereocenters. The number of hydrogen-bond acceptors (Lipinski definition) is 2. The van der Waals surface area contributed by atoms with Gasteiger partial charge >= 0.3 is 0 Å². The van der Waals surface area contributed by atoms with Gasteiger partial charge in [-0.2, -0.15) is 0 Å². The van der Waals surface area contributed by atoms with Crippen molar-refractivity contribution in [1.29, 1.82) is 0 Å². The lowest BCUT2D eigenvalue weighted by Crippen LogP contribution is -2.33. The molecule has 0 fully saturated rings. The zero-order chi connectivity index (χ0) is 47.1. The average Bonchev–Trinajstić information content (AvgIpc) is 3.66. The maximum absolute atomic E-state index is 7.41. The fraction of sp³-hybridized carbons (Fsp3) is 0.134. The van der Waals surface area contributed by atoms with E-state index in [0.717, 1.165) is 50.8 Å². The van der Waals surface area contributed by atoms with Gasteiger partial charge in [-0.3, -0.25) is 0 Å². The van der Waals surface area contributed by atoms with Gasteiger partial charge in [0.2, 0.25) is 0 Å². The third-order valence-electron chi connectivity index (χ3n) is 14.7. The van der Waals surface area contributed by atoms with Gasteiger partial charge in [0.1, 0.15) is 11.5 Å². The molecule has 0 N–H and O–H groups in total. The molecule has 0 atom stereocenters. The molecule has 69 heavy (non-hydrogen) atoms. The number of benzene rings is 10. The summed E-state index contributed by atoms with van der Waals surface area (Å²) in [5.41, 5.74) is 19.4. The van der Waals surface area contributed by atoms with E-state index < -0.39 is 5.41 Å². The second-order valence-corrected chi connectivity index (χ2v) is 20.9. The van der Waals surface area contributed by atoms with Crippen LogP contribution >= 0.6 is 0 Å². The van der Waals surface area contributed by atoms with Gasteiger partial charge in [-0.1, -0.05) is 236 Å². The van der Waals surface area contributed by atoms with Crippen molar-refractivity contribution in [1.82, 2.24) is 0 Å². The van der Waals surface area contributed by atoms with Crippen LogP contribution < -0.4 is 9.64 Å². The third-order valence-corrected chi connectivity index (χ3v) is 14.7. The molecule has 0 aromatic heterocycles. The van der Waals surface area contributed by atoms with Crippen LogP contribution in [-0.2, 0) is 16.2 Å². The molecule has 2 heteroatoms. The Kier molecular flexibility index (Phi) is 9.90. The van der Waals surface area contributed by atoms with Crippen LogP contribution in [0.5, 0.6) is 11.5 Å². The predicted molar refractivity (Wildman–Crippen MR) is 290 cm³/mol. The highest BCUT2D eigenvalue weighted by Gasteiger charge is 2.52. The number of fused-ring (bicyclic) bond motifs is 10. The van der Waals surface area contributed by atoms with Crippen molar-refractivity contribution < 1.29 is 4.74 Å². The Morgan fingerprint density at radius 2 is 0.855 bits per heavy atom. The molecule has 0 amide bonds. The van der Waals surface area contributed by atoms with Gasteiger partial charge in [0.05, 0.1) is 16.8 Å². The Hall–Kier alpha value is -7.94. The maximum atomic E-state index is 7.41. The number of anilines is 3. The molecule has 1 heterocycles. The van der Waals surface area contributed by atoms with Crippen molar-refractivity contribution in [3.8, 4) is 56.0 Å². The quantitative estimate of drug-likeness (QED) is 0.165. The van der Waals surface area contributed by atoms with Crippen molar-refractivity contribution in [3.05, 3.63) is 258 Å². The molecule has 10 aromatic carbocycles. The zero-order valence-electron chi connectivity index (χ0n) is 40.2. The van der Waals surface area contributed by atoms with Crippen LogP contribution in [0.15, 0.2) is 224 Å². The zero-order valence-corrected chi connectivity index (χ0v) is 40.2. The molecule has 12 rings (SSSR count). The largest absolute Gasteiger partial charge is 0.456 e. The number of hydrogen-bond donors (Lipinski definition) is 0. The molecular formula is C67H55NO. The topological polar surface area (TPSA) is 12.5 Å². The fourth-order valence-electron chi connectivity index (χ4n) is 11.2. The van der Waals surface area contributed by atoms with E-state index in [2.05, 4.69) is 271 Å². The first-order valence-electron chi connectivity index (χ1n) is 24.3. The van der Waals surface area contributed by atoms with Crippen LogP contribution in [0.1, 0.15) is 74.9 Å². The highest BCUT2D eigenvalue weighted by Crippen LogP contribution is 2.64. The second kappa shape index (κ2) is 16.1. The molecule has 1 aliphatic heterocycles. The molecule has 334 valence electrons. The molecule has 0 bridgehead atoms. The number of ether oxygens (including phenoxy) is 1. The van der Waals surface area contributed by atoms with E-state index in [9.17, 15) is 0 Å². The van der Waals surface area contributed by atoms with Crippen molar-refractivity contribution in [3.63, 3.8) is 0 Å². The number of rotatable bonds is 6. The minimum absolute atomic E-state index is 0.0546. The van der Waals surface area contributed by atoms with E-state index in [-0.39, 0.29) is 10.8 Å². The lowest BCUT2D eigenvalue weighted by Gasteiger charge is -2.41. The second-order valence-electron chi connectivity index (χ2n) is 20.9. The number of para-hydroxylation sites is 4. The molecule has 0 saturated carbocycles. The minimum Gasteiger partial charge on any atom is -0.456 e. The summed E-state index contributed by atoms with van der Waals surface area (Å²) in [6.45, 7) is 13.9. The van der Waals surface area contributed by atoms with Crippen LogP contribution in [0.3, 0.4) is 0 Å². The number of nitrogens with zero attached hydrogens (tertiary/aromatic N) is 1. The van der Waals surface area contributed by atoms with Gasteiger partial charge < -0.3 is 9.64 Å². The molecule has 1 aliphatic carbocycles. The van der Waals surface area contributed by atoms with Crippen LogP contribution in [0.4, 0.5) is 17.1 Å². The van der Waals surface area contributed by atoms with Gasteiger partial charge in [0.15, 0.2) is 0 Å². The smallest absolute Gasteiger partial charge is 0.140 e. The van der Waals surface area contributed by atoms with Gasteiger partial charge in [-0.25, -0.2) is 0 Å². The first-order chi connectivity index (χ1) is 33.5. The van der Waals surface area contributed by atoms with Crippen molar-refractivity contribution in [2.75, 3.05) is 4.90 Å². The first-order valence-corrected chi connectivity index (χ1v) is 24.3. The van der Waals surface area contributed by atoms with Gasteiger partial charge in [0.25, 0.3) is 0 Å². The van der Waals surface area contributed by atoms with E-state index in [1.807, 2.05) is 0 Å². The molecule has 2 nitrogen and oxygen atoms in total. The summed E-state index contributed by atoms with van der Waals surface area (Å²) in [6, 6.07) is 82.9. The van der Waals surface area contributed by atoms with E-state index >= 15 is 0 Å². The Balaban J connectivity index is 1.13. The van der Waals surface area contributed by atoms with Crippen LogP contribution in [-0.4, -0.2) is 0 Å². The summed E-state index contributed by atoms with van der Waals surface area (Å²) in [4.78, 5) is 2.46. The lowest BCUT2D eigenvalue weighted by atomic mass is 9.64. The van der Waals surface area contributed by atoms with E-state index in [0.29, 0.717) is 0 Å². The summed E-state index contributed by atoms with van der Waals surface area (Å²) in [5.74, 6) is 1.76. The molecule has 1 spiro atoms. The molecule has 10 aromatic rings. The normalized spacial score (nSPS) is 13.3. The van der Waals surface area contributed by atoms with Crippen molar-refractivity contribution >= 4 is 27.8 Å². The summed E-state index contributed by atoms with van der Waals surface area (Å²) in [6.07, 6.45) is 0. The summed E-state index contributed by atoms with van der Waals surface area (Å²) in [7, 11) is 0. The van der Waals surface area contributed by atoms with Gasteiger partial charge in [0, 0.05) is 33.5 Å². The van der Waals surface area contributed by atoms with E-state index in [4.69, 9.17) is 4.74 Å². The summed E-state index contributed by atoms with van der Waals surface area (Å²) < 4.78 is 7.41. The predicted octanol–water partition coefficient (Wildman–Crippen LogP) is 18.4. The standard InChI is InChI=1S/C67H55NO/c1-65(2,3)47-36-40-52-53-41-37-48(66(4,5)6)43-60(53)67(59(52)42-47)57-29-14-17-33-63(57)69-64-56(28-19-30-58(64)67)55-26-13-16-32-62(55)68(49-38-34-45(35-39-49)44-20-8-7-9-21-44)61-31-15-12-25-54(61)51-27-18-23-46-22-10-11-24-50(46)51/h7-43H,1-6H3. The van der Waals surface area contributed by atoms with E-state index in [1.165, 1.54) is 66.4 Å². The summed E-state index contributed by atoms with van der Waals surface area (Å²) >= 11 is 0. The minimum atomic E-state index is -0.643. The Labute approximate surface area is 407 Å². The van der Waals surface area contributed by atoms with Crippen LogP contribution in [0.25, 0.3) is 55.3 Å². The fourth-order valence-corrected chi connectivity index (χ4v) is 11.2. The summed E-state index contributed by atoms with van der Waals surface area (Å²) in [5, 5.41) is 2.43. The van der Waals surface area contributed by atoms with E-state index in [1.54, 1.807) is 0 Å².